The summed E-state index contributed by atoms with van der Waals surface area (Å²) in [6.07, 6.45) is 9.99. The van der Waals surface area contributed by atoms with Crippen molar-refractivity contribution in [1.82, 2.24) is 5.32 Å². The standard InChI is InChI=1S/C28H47NO5/c1-17(6-9-24(32)29-14-4-5-25(33)34)20-7-8-21-26-22(11-13-28(20,21)3)27(2)12-10-19(30)15-18(27)16-23(26)31/h17-23,26,30-31H,4-16H2,1-3H3,(H,29,32)(H,33,34)/t17-,18+,19-,20-,21+,22+,23-,26+,27+,28-/m0/s1. The summed E-state index contributed by atoms with van der Waals surface area (Å²) in [6.45, 7) is 7.67. The lowest BCUT2D eigenvalue weighted by Gasteiger charge is -2.62. The SMILES string of the molecule is C[C@@H](CCC(=O)NCCCC(=O)O)[C@@H]1CC[C@@H]2[C@@H]3[C@@H](CC[C@]21C)[C@]1(C)CC[C@H](O)C[C@@H]1C[C@@H]3O. The van der Waals surface area contributed by atoms with Crippen LogP contribution in [0.3, 0.4) is 0 Å². The van der Waals surface area contributed by atoms with Crippen molar-refractivity contribution < 1.29 is 24.9 Å². The van der Waals surface area contributed by atoms with E-state index < -0.39 is 5.97 Å². The van der Waals surface area contributed by atoms with Crippen LogP contribution in [0, 0.1) is 46.3 Å². The number of aliphatic carboxylic acids is 1. The van der Waals surface area contributed by atoms with E-state index in [4.69, 9.17) is 5.11 Å². The number of nitrogens with one attached hydrogen (secondary N) is 1. The first-order valence-electron chi connectivity index (χ1n) is 13.9. The number of aliphatic hydroxyl groups excluding tert-OH is 2. The van der Waals surface area contributed by atoms with Gasteiger partial charge in [0, 0.05) is 19.4 Å². The highest BCUT2D eigenvalue weighted by atomic mass is 16.4. The van der Waals surface area contributed by atoms with Gasteiger partial charge in [0.15, 0.2) is 0 Å². The number of rotatable bonds is 8. The van der Waals surface area contributed by atoms with Crippen LogP contribution >= 0.6 is 0 Å². The van der Waals surface area contributed by atoms with Crippen molar-refractivity contribution in [1.29, 1.82) is 0 Å². The zero-order valence-electron chi connectivity index (χ0n) is 21.5. The fourth-order valence-corrected chi connectivity index (χ4v) is 9.29. The molecular formula is C28H47NO5. The van der Waals surface area contributed by atoms with Gasteiger partial charge in [-0.2, -0.15) is 0 Å². The third-order valence-corrected chi connectivity index (χ3v) is 11.1. The van der Waals surface area contributed by atoms with Gasteiger partial charge in [-0.05, 0) is 111 Å². The number of hydrogen-bond acceptors (Lipinski definition) is 4. The zero-order chi connectivity index (χ0) is 24.7. The van der Waals surface area contributed by atoms with E-state index in [1.54, 1.807) is 0 Å². The number of carboxylic acids is 1. The third-order valence-electron chi connectivity index (χ3n) is 11.1. The molecule has 0 unspecified atom stereocenters. The number of carbonyl (C=O) groups is 2. The Hall–Kier alpha value is -1.14. The first-order chi connectivity index (χ1) is 16.1. The van der Waals surface area contributed by atoms with Crippen LogP contribution in [0.5, 0.6) is 0 Å². The molecule has 4 aliphatic rings. The van der Waals surface area contributed by atoms with Gasteiger partial charge in [-0.25, -0.2) is 0 Å². The lowest BCUT2D eigenvalue weighted by atomic mass is 9.43. The lowest BCUT2D eigenvalue weighted by molar-refractivity contribution is -0.174. The molecule has 0 saturated heterocycles. The fraction of sp³-hybridized carbons (Fsp3) is 0.929. The van der Waals surface area contributed by atoms with Gasteiger partial charge in [0.1, 0.15) is 0 Å². The summed E-state index contributed by atoms with van der Waals surface area (Å²) in [4.78, 5) is 22.9. The fourth-order valence-electron chi connectivity index (χ4n) is 9.29. The van der Waals surface area contributed by atoms with E-state index in [2.05, 4.69) is 26.1 Å². The van der Waals surface area contributed by atoms with Gasteiger partial charge in [0.05, 0.1) is 12.2 Å². The molecule has 1 amide bonds. The van der Waals surface area contributed by atoms with Crippen LogP contribution in [0.1, 0.15) is 97.8 Å². The third kappa shape index (κ3) is 4.78. The predicted molar refractivity (Wildman–Crippen MR) is 131 cm³/mol. The van der Waals surface area contributed by atoms with E-state index in [1.807, 2.05) is 0 Å². The second-order valence-electron chi connectivity index (χ2n) is 12.8. The Kier molecular flexibility index (Phi) is 7.69. The molecule has 0 aliphatic heterocycles. The number of carbonyl (C=O) groups excluding carboxylic acids is 1. The Morgan fingerprint density at radius 3 is 2.41 bits per heavy atom. The second kappa shape index (κ2) is 10.1. The first kappa shape index (κ1) is 25.9. The maximum Gasteiger partial charge on any atom is 0.303 e. The minimum Gasteiger partial charge on any atom is -0.481 e. The van der Waals surface area contributed by atoms with Crippen molar-refractivity contribution in [2.24, 2.45) is 46.3 Å². The molecule has 0 heterocycles. The maximum atomic E-state index is 12.3. The zero-order valence-corrected chi connectivity index (χ0v) is 21.5. The van der Waals surface area contributed by atoms with E-state index >= 15 is 0 Å². The van der Waals surface area contributed by atoms with Crippen molar-refractivity contribution >= 4 is 11.9 Å². The Balaban J connectivity index is 1.36. The van der Waals surface area contributed by atoms with Gasteiger partial charge in [0.2, 0.25) is 5.91 Å². The molecule has 0 radical (unpaired) electrons. The monoisotopic (exact) mass is 477 g/mol. The van der Waals surface area contributed by atoms with Crippen LogP contribution < -0.4 is 5.32 Å². The van der Waals surface area contributed by atoms with Crippen LogP contribution in [0.4, 0.5) is 0 Å². The molecule has 6 nitrogen and oxygen atoms in total. The highest BCUT2D eigenvalue weighted by Gasteiger charge is 2.62. The summed E-state index contributed by atoms with van der Waals surface area (Å²) in [7, 11) is 0. The Bertz CT molecular complexity index is 757. The summed E-state index contributed by atoms with van der Waals surface area (Å²) >= 11 is 0. The van der Waals surface area contributed by atoms with Gasteiger partial charge < -0.3 is 20.6 Å². The summed E-state index contributed by atoms with van der Waals surface area (Å²) in [5, 5.41) is 33.2. The second-order valence-corrected chi connectivity index (χ2v) is 12.8. The normalized spacial score (nSPS) is 44.4. The highest BCUT2D eigenvalue weighted by molar-refractivity contribution is 5.75. The van der Waals surface area contributed by atoms with Crippen LogP contribution in [0.15, 0.2) is 0 Å². The van der Waals surface area contributed by atoms with E-state index in [1.165, 1.54) is 25.7 Å². The summed E-state index contributed by atoms with van der Waals surface area (Å²) < 4.78 is 0. The average molecular weight is 478 g/mol. The molecule has 4 rings (SSSR count). The summed E-state index contributed by atoms with van der Waals surface area (Å²) in [5.41, 5.74) is 0.490. The summed E-state index contributed by atoms with van der Waals surface area (Å²) in [5.74, 6) is 2.21. The van der Waals surface area contributed by atoms with Gasteiger partial charge in [0.25, 0.3) is 0 Å². The molecule has 194 valence electrons. The predicted octanol–water partition coefficient (Wildman–Crippen LogP) is 4.37. The molecule has 4 aliphatic carbocycles. The van der Waals surface area contributed by atoms with Crippen LogP contribution in [-0.4, -0.2) is 45.9 Å². The van der Waals surface area contributed by atoms with E-state index in [-0.39, 0.29) is 35.4 Å². The quantitative estimate of drug-likeness (QED) is 0.388. The van der Waals surface area contributed by atoms with Crippen LogP contribution in [-0.2, 0) is 9.59 Å². The van der Waals surface area contributed by atoms with Gasteiger partial charge in [-0.3, -0.25) is 9.59 Å². The number of hydrogen-bond donors (Lipinski definition) is 4. The van der Waals surface area contributed by atoms with Crippen LogP contribution in [0.25, 0.3) is 0 Å². The molecule has 0 aromatic rings. The highest BCUT2D eigenvalue weighted by Crippen LogP contribution is 2.68. The van der Waals surface area contributed by atoms with Crippen molar-refractivity contribution in [2.75, 3.05) is 6.54 Å². The van der Waals surface area contributed by atoms with Crippen molar-refractivity contribution in [3.63, 3.8) is 0 Å². The van der Waals surface area contributed by atoms with Gasteiger partial charge >= 0.3 is 5.97 Å². The van der Waals surface area contributed by atoms with Crippen molar-refractivity contribution in [3.05, 3.63) is 0 Å². The van der Waals surface area contributed by atoms with Crippen molar-refractivity contribution in [3.8, 4) is 0 Å². The molecule has 0 aromatic carbocycles. The van der Waals surface area contributed by atoms with Crippen LogP contribution in [0.2, 0.25) is 0 Å². The average Bonchev–Trinajstić information content (AvgIpc) is 3.13. The van der Waals surface area contributed by atoms with Crippen molar-refractivity contribution in [2.45, 2.75) is 110 Å². The molecule has 10 atom stereocenters. The molecule has 0 bridgehead atoms. The van der Waals surface area contributed by atoms with E-state index in [9.17, 15) is 19.8 Å². The number of carboxylic acid groups (broad SMARTS) is 1. The van der Waals surface area contributed by atoms with E-state index in [0.717, 1.165) is 32.1 Å². The maximum absolute atomic E-state index is 12.3. The number of fused-ring (bicyclic) bond motifs is 5. The molecule has 4 fully saturated rings. The number of aliphatic hydroxyl groups is 2. The first-order valence-corrected chi connectivity index (χ1v) is 13.9. The largest absolute Gasteiger partial charge is 0.481 e. The molecule has 6 heteroatoms. The number of amides is 1. The smallest absolute Gasteiger partial charge is 0.303 e. The molecule has 4 N–H and O–H groups in total. The minimum absolute atomic E-state index is 0.0294. The Morgan fingerprint density at radius 2 is 1.68 bits per heavy atom. The van der Waals surface area contributed by atoms with Gasteiger partial charge in [-0.15, -0.1) is 0 Å². The molecule has 4 saturated carbocycles. The topological polar surface area (TPSA) is 107 Å². The van der Waals surface area contributed by atoms with E-state index in [0.29, 0.717) is 54.9 Å². The molecule has 0 spiro atoms. The Morgan fingerprint density at radius 1 is 0.971 bits per heavy atom. The summed E-state index contributed by atoms with van der Waals surface area (Å²) in [6, 6.07) is 0. The lowest BCUT2D eigenvalue weighted by Crippen LogP contribution is -2.58. The Labute approximate surface area is 205 Å². The molecule has 0 aromatic heterocycles. The minimum atomic E-state index is -0.824. The molecular weight excluding hydrogens is 430 g/mol. The van der Waals surface area contributed by atoms with Gasteiger partial charge in [-0.1, -0.05) is 20.8 Å². The molecule has 34 heavy (non-hydrogen) atoms.